The standard InChI is InChI=1S/C28H38N4O14/c1-12(9-33)32-15-8-17(16(7-14(15)25(38)39)44-11-31-28(29)30-2)45-27-24(37)23(36)22(35)20(46-27)10-43-26(40)13-5-18(41-3)21(34)19(6-13)42-4/h5-8,12,20,22-24,27,32-37H,9-11H2,1-4H3,(H,38,39)(H3,29,30,31)/t12-,20-,22-,23+,24-,27+/m1/s1. The lowest BCUT2D eigenvalue weighted by Gasteiger charge is -2.40. The molecular formula is C28H38N4O14. The Kier molecular flexibility index (Phi) is 12.4. The first-order valence-corrected chi connectivity index (χ1v) is 13.7. The number of benzene rings is 2. The van der Waals surface area contributed by atoms with E-state index < -0.39 is 55.3 Å². The van der Waals surface area contributed by atoms with Crippen molar-refractivity contribution in [2.24, 2.45) is 10.7 Å². The van der Waals surface area contributed by atoms with Crippen LogP contribution < -0.4 is 35.3 Å². The van der Waals surface area contributed by atoms with Gasteiger partial charge in [0.25, 0.3) is 0 Å². The van der Waals surface area contributed by atoms with Crippen LogP contribution >= 0.6 is 0 Å². The van der Waals surface area contributed by atoms with E-state index in [0.717, 1.165) is 6.07 Å². The molecule has 6 atom stereocenters. The van der Waals surface area contributed by atoms with E-state index >= 15 is 0 Å². The molecule has 1 aliphatic heterocycles. The number of aromatic hydroxyl groups is 1. The van der Waals surface area contributed by atoms with Crippen molar-refractivity contribution in [3.05, 3.63) is 35.4 Å². The van der Waals surface area contributed by atoms with Crippen molar-refractivity contribution >= 4 is 23.6 Å². The highest BCUT2D eigenvalue weighted by atomic mass is 16.7. The number of carbonyl (C=O) groups is 2. The summed E-state index contributed by atoms with van der Waals surface area (Å²) in [6, 6.07) is 4.15. The van der Waals surface area contributed by atoms with Gasteiger partial charge in [0, 0.05) is 25.2 Å². The quantitative estimate of drug-likeness (QED) is 0.0501. The Morgan fingerprint density at radius 1 is 1.02 bits per heavy atom. The Balaban J connectivity index is 1.88. The number of phenols is 1. The lowest BCUT2D eigenvalue weighted by molar-refractivity contribution is -0.277. The van der Waals surface area contributed by atoms with Gasteiger partial charge < -0.3 is 75.4 Å². The van der Waals surface area contributed by atoms with Crippen LogP contribution in [0.3, 0.4) is 0 Å². The van der Waals surface area contributed by atoms with Gasteiger partial charge in [-0.3, -0.25) is 4.99 Å². The SMILES string of the molecule is CN=C(N)NCOc1cc(C(=O)O)c(N[C@H](C)CO)cc1O[C@H]1O[C@H](COC(=O)c2cc(OC)c(O)c(OC)c2)[C@@H](O)[C@H](O)[C@H]1O. The number of aromatic carboxylic acids is 1. The second kappa shape index (κ2) is 16.0. The third kappa shape index (κ3) is 8.49. The van der Waals surface area contributed by atoms with Crippen molar-refractivity contribution in [3.8, 4) is 28.7 Å². The molecule has 0 radical (unpaired) electrons. The van der Waals surface area contributed by atoms with Gasteiger partial charge in [-0.15, -0.1) is 0 Å². The summed E-state index contributed by atoms with van der Waals surface area (Å²) < 4.78 is 32.5. The third-order valence-electron chi connectivity index (χ3n) is 6.72. The topological polar surface area (TPSA) is 273 Å². The molecule has 254 valence electrons. The number of aliphatic hydroxyl groups excluding tert-OH is 4. The smallest absolute Gasteiger partial charge is 0.338 e. The predicted octanol–water partition coefficient (Wildman–Crippen LogP) is -1.19. The maximum absolute atomic E-state index is 12.8. The molecule has 0 amide bonds. The Hall–Kier alpha value is -4.75. The highest BCUT2D eigenvalue weighted by Crippen LogP contribution is 2.38. The predicted molar refractivity (Wildman–Crippen MR) is 159 cm³/mol. The number of ether oxygens (including phenoxy) is 6. The third-order valence-corrected chi connectivity index (χ3v) is 6.72. The minimum atomic E-state index is -1.84. The molecule has 1 heterocycles. The minimum absolute atomic E-state index is 0.00936. The van der Waals surface area contributed by atoms with E-state index in [2.05, 4.69) is 15.6 Å². The van der Waals surface area contributed by atoms with E-state index in [1.807, 2.05) is 0 Å². The zero-order valence-corrected chi connectivity index (χ0v) is 25.4. The second-order valence-electron chi connectivity index (χ2n) is 9.91. The Bertz CT molecular complexity index is 1380. The summed E-state index contributed by atoms with van der Waals surface area (Å²) in [4.78, 5) is 28.5. The number of hydrogen-bond donors (Lipinski definition) is 9. The number of nitrogens with zero attached hydrogens (tertiary/aromatic N) is 1. The number of hydrogen-bond acceptors (Lipinski definition) is 15. The van der Waals surface area contributed by atoms with Gasteiger partial charge >= 0.3 is 11.9 Å². The van der Waals surface area contributed by atoms with Gasteiger partial charge in [0.1, 0.15) is 31.0 Å². The first kappa shape index (κ1) is 35.7. The number of carboxylic acid groups (broad SMARTS) is 1. The number of nitrogens with one attached hydrogen (secondary N) is 2. The van der Waals surface area contributed by atoms with Gasteiger partial charge in [-0.25, -0.2) is 9.59 Å². The summed E-state index contributed by atoms with van der Waals surface area (Å²) in [6.07, 6.45) is -8.54. The second-order valence-corrected chi connectivity index (χ2v) is 9.91. The van der Waals surface area contributed by atoms with E-state index in [0.29, 0.717) is 0 Å². The van der Waals surface area contributed by atoms with Gasteiger partial charge in [0.15, 0.2) is 35.7 Å². The molecule has 46 heavy (non-hydrogen) atoms. The number of rotatable bonds is 14. The van der Waals surface area contributed by atoms with Crippen molar-refractivity contribution in [2.45, 2.75) is 43.7 Å². The largest absolute Gasteiger partial charge is 0.502 e. The summed E-state index contributed by atoms with van der Waals surface area (Å²) in [5.74, 6) is -3.08. The number of guanidine groups is 1. The van der Waals surface area contributed by atoms with E-state index in [-0.39, 0.29) is 64.9 Å². The number of aliphatic hydroxyl groups is 4. The fourth-order valence-corrected chi connectivity index (χ4v) is 4.17. The molecule has 3 rings (SSSR count). The van der Waals surface area contributed by atoms with Crippen molar-refractivity contribution in [1.29, 1.82) is 0 Å². The first-order chi connectivity index (χ1) is 21.8. The molecule has 0 unspecified atom stereocenters. The van der Waals surface area contributed by atoms with Gasteiger partial charge in [-0.2, -0.15) is 0 Å². The van der Waals surface area contributed by atoms with Crippen molar-refractivity contribution < 1.29 is 68.6 Å². The van der Waals surface area contributed by atoms with Crippen LogP contribution in [0.1, 0.15) is 27.6 Å². The summed E-state index contributed by atoms with van der Waals surface area (Å²) in [5, 5.41) is 66.7. The number of aliphatic imine (C=N–C) groups is 1. The molecule has 2 aromatic rings. The fraction of sp³-hybridized carbons (Fsp3) is 0.464. The monoisotopic (exact) mass is 654 g/mol. The van der Waals surface area contributed by atoms with Crippen molar-refractivity contribution in [3.63, 3.8) is 0 Å². The summed E-state index contributed by atoms with van der Waals surface area (Å²) in [6.45, 7) is 0.330. The van der Waals surface area contributed by atoms with Crippen LogP contribution in [-0.2, 0) is 9.47 Å². The highest BCUT2D eigenvalue weighted by Gasteiger charge is 2.46. The Labute approximate surface area is 262 Å². The first-order valence-electron chi connectivity index (χ1n) is 13.7. The molecule has 2 aromatic carbocycles. The summed E-state index contributed by atoms with van der Waals surface area (Å²) >= 11 is 0. The zero-order valence-electron chi connectivity index (χ0n) is 25.4. The van der Waals surface area contributed by atoms with E-state index in [9.17, 15) is 40.2 Å². The molecule has 1 saturated heterocycles. The van der Waals surface area contributed by atoms with Crippen LogP contribution in [0.15, 0.2) is 29.3 Å². The van der Waals surface area contributed by atoms with E-state index in [1.165, 1.54) is 39.5 Å². The van der Waals surface area contributed by atoms with Crippen molar-refractivity contribution in [2.75, 3.05) is 46.5 Å². The van der Waals surface area contributed by atoms with E-state index in [4.69, 9.17) is 34.2 Å². The Morgan fingerprint density at radius 3 is 2.24 bits per heavy atom. The maximum Gasteiger partial charge on any atom is 0.338 e. The molecule has 18 heteroatoms. The molecular weight excluding hydrogens is 616 g/mol. The highest BCUT2D eigenvalue weighted by molar-refractivity contribution is 5.95. The number of esters is 1. The lowest BCUT2D eigenvalue weighted by atomic mass is 9.99. The molecule has 0 spiro atoms. The number of methoxy groups -OCH3 is 2. The number of carboxylic acids is 1. The van der Waals surface area contributed by atoms with Gasteiger partial charge in [0.2, 0.25) is 12.0 Å². The van der Waals surface area contributed by atoms with Crippen LogP contribution in [0, 0.1) is 0 Å². The summed E-state index contributed by atoms with van der Waals surface area (Å²) in [7, 11) is 3.97. The Morgan fingerprint density at radius 2 is 1.67 bits per heavy atom. The van der Waals surface area contributed by atoms with Gasteiger partial charge in [-0.05, 0) is 19.1 Å². The van der Waals surface area contributed by atoms with Crippen LogP contribution in [0.2, 0.25) is 0 Å². The van der Waals surface area contributed by atoms with Gasteiger partial charge in [0.05, 0.1) is 37.6 Å². The van der Waals surface area contributed by atoms with Crippen LogP contribution in [-0.4, -0.2) is 126 Å². The average Bonchev–Trinajstić information content (AvgIpc) is 3.04. The number of nitrogens with two attached hydrogens (primary N) is 1. The molecule has 0 bridgehead atoms. The van der Waals surface area contributed by atoms with Crippen molar-refractivity contribution in [1.82, 2.24) is 5.32 Å². The lowest BCUT2D eigenvalue weighted by Crippen LogP contribution is -2.60. The van der Waals surface area contributed by atoms with Crippen LogP contribution in [0.25, 0.3) is 0 Å². The molecule has 1 fully saturated rings. The molecule has 0 aliphatic carbocycles. The molecule has 0 saturated carbocycles. The maximum atomic E-state index is 12.8. The molecule has 1 aliphatic rings. The summed E-state index contributed by atoms with van der Waals surface area (Å²) in [5.41, 5.74) is 5.29. The van der Waals surface area contributed by atoms with Gasteiger partial charge in [-0.1, -0.05) is 0 Å². The van der Waals surface area contributed by atoms with Crippen LogP contribution in [0.4, 0.5) is 5.69 Å². The minimum Gasteiger partial charge on any atom is -0.502 e. The molecule has 18 nitrogen and oxygen atoms in total. The average molecular weight is 655 g/mol. The fourth-order valence-electron chi connectivity index (χ4n) is 4.17. The van der Waals surface area contributed by atoms with Crippen LogP contribution in [0.5, 0.6) is 28.7 Å². The normalized spacial score (nSPS) is 21.9. The molecule has 0 aromatic heterocycles. The number of carbonyl (C=O) groups excluding carboxylic acids is 1. The number of anilines is 1. The van der Waals surface area contributed by atoms with E-state index in [1.54, 1.807) is 6.92 Å². The number of phenolic OH excluding ortho intramolecular Hbond substituents is 1. The molecule has 10 N–H and O–H groups in total. The zero-order chi connectivity index (χ0) is 34.1.